The van der Waals surface area contributed by atoms with Gasteiger partial charge < -0.3 is 19.2 Å². The number of rotatable bonds is 9. The smallest absolute Gasteiger partial charge is 0.340 e. The molecule has 0 fully saturated rings. The van der Waals surface area contributed by atoms with Crippen LogP contribution in [0.5, 0.6) is 5.75 Å². The molecule has 160 valence electrons. The fraction of sp³-hybridized carbons (Fsp3) is 0.348. The summed E-state index contributed by atoms with van der Waals surface area (Å²) in [6.45, 7) is 9.26. The lowest BCUT2D eigenvalue weighted by Crippen LogP contribution is -2.24. The minimum Gasteiger partial charge on any atom is -0.494 e. The summed E-state index contributed by atoms with van der Waals surface area (Å²) in [5.74, 6) is -0.814. The molecule has 0 aliphatic carbocycles. The maximum atomic E-state index is 12.7. The van der Waals surface area contributed by atoms with Gasteiger partial charge in [-0.25, -0.2) is 9.59 Å². The molecule has 2 rings (SSSR count). The monoisotopic (exact) mass is 413 g/mol. The van der Waals surface area contributed by atoms with Gasteiger partial charge in [0.05, 0.1) is 24.5 Å². The normalized spacial score (nSPS) is 11.9. The van der Waals surface area contributed by atoms with E-state index in [1.54, 1.807) is 39.0 Å². The van der Waals surface area contributed by atoms with Gasteiger partial charge in [-0.2, -0.15) is 0 Å². The predicted octanol–water partition coefficient (Wildman–Crippen LogP) is 4.03. The van der Waals surface area contributed by atoms with E-state index in [2.05, 4.69) is 4.98 Å². The Bertz CT molecular complexity index is 939. The molecule has 0 aliphatic heterocycles. The van der Waals surface area contributed by atoms with E-state index in [9.17, 15) is 14.4 Å². The molecule has 0 aliphatic rings. The van der Waals surface area contributed by atoms with Gasteiger partial charge in [-0.15, -0.1) is 0 Å². The molecule has 30 heavy (non-hydrogen) atoms. The number of ether oxygens (including phenoxy) is 3. The number of ketones is 1. The fourth-order valence-electron chi connectivity index (χ4n) is 2.98. The minimum atomic E-state index is -1.02. The zero-order valence-corrected chi connectivity index (χ0v) is 17.9. The Balaban J connectivity index is 2.04. The van der Waals surface area contributed by atoms with Gasteiger partial charge in [0.1, 0.15) is 5.75 Å². The first-order chi connectivity index (χ1) is 14.3. The van der Waals surface area contributed by atoms with Crippen LogP contribution in [0, 0.1) is 13.8 Å². The number of aryl methyl sites for hydroxylation is 1. The average molecular weight is 413 g/mol. The molecule has 0 amide bonds. The first-order valence-corrected chi connectivity index (χ1v) is 9.80. The van der Waals surface area contributed by atoms with E-state index in [1.165, 1.54) is 13.0 Å². The fourth-order valence-corrected chi connectivity index (χ4v) is 2.98. The van der Waals surface area contributed by atoms with Crippen LogP contribution >= 0.6 is 0 Å². The lowest BCUT2D eigenvalue weighted by molar-refractivity contribution is -0.140. The SMILES string of the molecule is CCOC(=O)c1c(C)[nH]c(C(=O)C(C)OC(=O)/C=C/c2ccc(OCC)cc2)c1C. The number of carbonyl (C=O) groups is 3. The van der Waals surface area contributed by atoms with E-state index in [-0.39, 0.29) is 12.3 Å². The second kappa shape index (κ2) is 10.4. The van der Waals surface area contributed by atoms with Crippen molar-refractivity contribution in [2.45, 2.75) is 40.7 Å². The van der Waals surface area contributed by atoms with Crippen LogP contribution in [0.2, 0.25) is 0 Å². The number of H-pyrrole nitrogens is 1. The van der Waals surface area contributed by atoms with Crippen molar-refractivity contribution in [1.82, 2.24) is 4.98 Å². The molecule has 0 radical (unpaired) electrons. The maximum Gasteiger partial charge on any atom is 0.340 e. The Morgan fingerprint density at radius 3 is 2.33 bits per heavy atom. The molecular formula is C23H27NO6. The number of aromatic amines is 1. The Hall–Kier alpha value is -3.35. The maximum absolute atomic E-state index is 12.7. The third-order valence-corrected chi connectivity index (χ3v) is 4.43. The second-order valence-corrected chi connectivity index (χ2v) is 6.62. The topological polar surface area (TPSA) is 94.7 Å². The Morgan fingerprint density at radius 2 is 1.73 bits per heavy atom. The highest BCUT2D eigenvalue weighted by Gasteiger charge is 2.27. The van der Waals surface area contributed by atoms with Crippen molar-refractivity contribution in [3.05, 3.63) is 58.4 Å². The second-order valence-electron chi connectivity index (χ2n) is 6.62. The van der Waals surface area contributed by atoms with Crippen LogP contribution in [0.15, 0.2) is 30.3 Å². The molecular weight excluding hydrogens is 386 g/mol. The predicted molar refractivity (Wildman–Crippen MR) is 113 cm³/mol. The Kier molecular flexibility index (Phi) is 7.98. The highest BCUT2D eigenvalue weighted by Crippen LogP contribution is 2.21. The molecule has 1 heterocycles. The van der Waals surface area contributed by atoms with E-state index in [4.69, 9.17) is 14.2 Å². The lowest BCUT2D eigenvalue weighted by Gasteiger charge is -2.10. The van der Waals surface area contributed by atoms with E-state index < -0.39 is 23.8 Å². The third kappa shape index (κ3) is 5.59. The first-order valence-electron chi connectivity index (χ1n) is 9.80. The van der Waals surface area contributed by atoms with E-state index >= 15 is 0 Å². The summed E-state index contributed by atoms with van der Waals surface area (Å²) in [5.41, 5.74) is 2.36. The lowest BCUT2D eigenvalue weighted by atomic mass is 10.1. The number of carbonyl (C=O) groups excluding carboxylic acids is 3. The van der Waals surface area contributed by atoms with Crippen LogP contribution in [0.1, 0.15) is 58.4 Å². The summed E-state index contributed by atoms with van der Waals surface area (Å²) in [4.78, 5) is 39.8. The number of hydrogen-bond acceptors (Lipinski definition) is 6. The number of benzene rings is 1. The zero-order valence-electron chi connectivity index (χ0n) is 17.9. The molecule has 1 N–H and O–H groups in total. The van der Waals surface area contributed by atoms with Gasteiger partial charge in [-0.1, -0.05) is 12.1 Å². The van der Waals surface area contributed by atoms with Gasteiger partial charge in [0.25, 0.3) is 0 Å². The average Bonchev–Trinajstić information content (AvgIpc) is 3.01. The van der Waals surface area contributed by atoms with Crippen molar-refractivity contribution < 1.29 is 28.6 Å². The van der Waals surface area contributed by atoms with E-state index in [0.29, 0.717) is 23.4 Å². The van der Waals surface area contributed by atoms with Crippen molar-refractivity contribution in [3.8, 4) is 5.75 Å². The molecule has 0 bridgehead atoms. The summed E-state index contributed by atoms with van der Waals surface area (Å²) in [5, 5.41) is 0. The number of hydrogen-bond donors (Lipinski definition) is 1. The summed E-state index contributed by atoms with van der Waals surface area (Å²) in [6, 6.07) is 7.23. The molecule has 0 spiro atoms. The standard InChI is InChI=1S/C23H27NO6/c1-6-28-18-11-8-17(9-12-18)10-13-19(25)30-16(5)22(26)21-14(3)20(15(4)24-21)23(27)29-7-2/h8-13,16,24H,6-7H2,1-5H3/b13-10+. The largest absolute Gasteiger partial charge is 0.494 e. The van der Waals surface area contributed by atoms with Crippen molar-refractivity contribution in [3.63, 3.8) is 0 Å². The summed E-state index contributed by atoms with van der Waals surface area (Å²) >= 11 is 0. The molecule has 0 saturated heterocycles. The number of esters is 2. The summed E-state index contributed by atoms with van der Waals surface area (Å²) in [7, 11) is 0. The van der Waals surface area contributed by atoms with Crippen LogP contribution in [0.25, 0.3) is 6.08 Å². The molecule has 1 atom stereocenters. The quantitative estimate of drug-likeness (QED) is 0.379. The van der Waals surface area contributed by atoms with Crippen LogP contribution in [-0.4, -0.2) is 42.0 Å². The zero-order chi connectivity index (χ0) is 22.3. The third-order valence-electron chi connectivity index (χ3n) is 4.43. The van der Waals surface area contributed by atoms with Crippen LogP contribution in [0.4, 0.5) is 0 Å². The molecule has 7 nitrogen and oxygen atoms in total. The molecule has 1 aromatic carbocycles. The summed E-state index contributed by atoms with van der Waals surface area (Å²) in [6.07, 6.45) is 1.84. The number of nitrogens with one attached hydrogen (secondary N) is 1. The van der Waals surface area contributed by atoms with Crippen LogP contribution < -0.4 is 4.74 Å². The van der Waals surface area contributed by atoms with Gasteiger partial charge in [-0.3, -0.25) is 4.79 Å². The molecule has 0 saturated carbocycles. The van der Waals surface area contributed by atoms with Crippen molar-refractivity contribution in [2.75, 3.05) is 13.2 Å². The van der Waals surface area contributed by atoms with Gasteiger partial charge >= 0.3 is 11.9 Å². The van der Waals surface area contributed by atoms with E-state index in [0.717, 1.165) is 11.3 Å². The summed E-state index contributed by atoms with van der Waals surface area (Å²) < 4.78 is 15.6. The van der Waals surface area contributed by atoms with E-state index in [1.807, 2.05) is 19.1 Å². The number of Topliss-reactive ketones (excluding diaryl/α,β-unsaturated/α-hetero) is 1. The van der Waals surface area contributed by atoms with Crippen molar-refractivity contribution >= 4 is 23.8 Å². The van der Waals surface area contributed by atoms with Gasteiger partial charge in [0, 0.05) is 11.8 Å². The van der Waals surface area contributed by atoms with Crippen molar-refractivity contribution in [2.24, 2.45) is 0 Å². The van der Waals surface area contributed by atoms with Crippen LogP contribution in [-0.2, 0) is 14.3 Å². The highest BCUT2D eigenvalue weighted by atomic mass is 16.5. The number of aromatic nitrogens is 1. The van der Waals surface area contributed by atoms with Gasteiger partial charge in [0.15, 0.2) is 6.10 Å². The molecule has 1 aromatic heterocycles. The first kappa shape index (κ1) is 22.9. The molecule has 7 heteroatoms. The minimum absolute atomic E-state index is 0.228. The Labute approximate surface area is 176 Å². The molecule has 2 aromatic rings. The van der Waals surface area contributed by atoms with Crippen LogP contribution in [0.3, 0.4) is 0 Å². The van der Waals surface area contributed by atoms with Gasteiger partial charge in [-0.05, 0) is 64.0 Å². The van der Waals surface area contributed by atoms with Gasteiger partial charge in [0.2, 0.25) is 5.78 Å². The molecule has 1 unspecified atom stereocenters. The Morgan fingerprint density at radius 1 is 1.07 bits per heavy atom. The van der Waals surface area contributed by atoms with Crippen molar-refractivity contribution in [1.29, 1.82) is 0 Å². The highest BCUT2D eigenvalue weighted by molar-refractivity contribution is 6.04.